The third kappa shape index (κ3) is 3.28. The van der Waals surface area contributed by atoms with Gasteiger partial charge in [-0.05, 0) is 11.6 Å². The Hall–Kier alpha value is -2.86. The fraction of sp³-hybridized carbons (Fsp3) is 0.300. The third-order valence-corrected chi connectivity index (χ3v) is 4.93. The van der Waals surface area contributed by atoms with Crippen molar-refractivity contribution >= 4 is 11.9 Å². The Morgan fingerprint density at radius 1 is 1.15 bits per heavy atom. The molecule has 1 fully saturated rings. The third-order valence-electron chi connectivity index (χ3n) is 4.93. The molecule has 0 saturated carbocycles. The molecule has 3 N–H and O–H groups in total. The molecule has 1 saturated heterocycles. The normalized spacial score (nSPS) is 21.7. The number of aliphatic hydroxyl groups is 1. The summed E-state index contributed by atoms with van der Waals surface area (Å²) in [5, 5.41) is 23.7. The lowest BCUT2D eigenvalue weighted by atomic mass is 9.73. The highest BCUT2D eigenvalue weighted by Crippen LogP contribution is 2.43. The summed E-state index contributed by atoms with van der Waals surface area (Å²) in [6.07, 6.45) is -1.58. The first kappa shape index (κ1) is 17.9. The van der Waals surface area contributed by atoms with Crippen molar-refractivity contribution in [1.82, 2.24) is 5.32 Å². The van der Waals surface area contributed by atoms with Gasteiger partial charge in [0.25, 0.3) is 0 Å². The van der Waals surface area contributed by atoms with Crippen molar-refractivity contribution in [2.75, 3.05) is 13.7 Å². The second-order valence-electron chi connectivity index (χ2n) is 6.34. The fourth-order valence-corrected chi connectivity index (χ4v) is 3.67. The fourth-order valence-electron chi connectivity index (χ4n) is 3.67. The summed E-state index contributed by atoms with van der Waals surface area (Å²) in [7, 11) is 1.18. The summed E-state index contributed by atoms with van der Waals surface area (Å²) in [6.45, 7) is 0.394. The average Bonchev–Trinajstić information content (AvgIpc) is 3.05. The van der Waals surface area contributed by atoms with Crippen molar-refractivity contribution in [2.45, 2.75) is 17.9 Å². The Labute approximate surface area is 151 Å². The largest absolute Gasteiger partial charge is 0.508 e. The van der Waals surface area contributed by atoms with E-state index < -0.39 is 23.9 Å². The zero-order valence-corrected chi connectivity index (χ0v) is 14.3. The number of carbonyl (C=O) groups excluding carboxylic acids is 2. The Balaban J connectivity index is 2.09. The maximum absolute atomic E-state index is 12.6. The zero-order valence-electron chi connectivity index (χ0n) is 14.3. The second-order valence-corrected chi connectivity index (χ2v) is 6.34. The van der Waals surface area contributed by atoms with Crippen LogP contribution >= 0.6 is 0 Å². The van der Waals surface area contributed by atoms with Crippen LogP contribution in [0.4, 0.5) is 0 Å². The molecular formula is C20H21NO5. The van der Waals surface area contributed by atoms with Gasteiger partial charge in [0.15, 0.2) is 6.10 Å². The number of carbonyl (C=O) groups is 2. The number of methoxy groups -OCH3 is 1. The number of benzene rings is 2. The number of amides is 1. The van der Waals surface area contributed by atoms with Crippen molar-refractivity contribution in [2.24, 2.45) is 5.92 Å². The van der Waals surface area contributed by atoms with Gasteiger partial charge in [-0.25, -0.2) is 4.79 Å². The van der Waals surface area contributed by atoms with Crippen molar-refractivity contribution in [3.63, 3.8) is 0 Å². The van der Waals surface area contributed by atoms with Crippen molar-refractivity contribution in [3.8, 4) is 5.75 Å². The van der Waals surface area contributed by atoms with Gasteiger partial charge >= 0.3 is 5.97 Å². The maximum Gasteiger partial charge on any atom is 0.335 e. The maximum atomic E-state index is 12.6. The average molecular weight is 355 g/mol. The van der Waals surface area contributed by atoms with Crippen LogP contribution in [0.15, 0.2) is 54.6 Å². The number of esters is 1. The van der Waals surface area contributed by atoms with Gasteiger partial charge in [-0.15, -0.1) is 0 Å². The molecule has 26 heavy (non-hydrogen) atoms. The molecular weight excluding hydrogens is 334 g/mol. The molecule has 136 valence electrons. The Bertz CT molecular complexity index is 792. The Kier molecular flexibility index (Phi) is 5.23. The number of nitrogens with one attached hydrogen (secondary N) is 1. The van der Waals surface area contributed by atoms with E-state index in [1.807, 2.05) is 30.3 Å². The molecule has 1 heterocycles. The van der Waals surface area contributed by atoms with Gasteiger partial charge in [-0.1, -0.05) is 48.5 Å². The molecule has 0 spiro atoms. The number of hydrogen-bond acceptors (Lipinski definition) is 5. The summed E-state index contributed by atoms with van der Waals surface area (Å²) in [6, 6.07) is 15.9. The van der Waals surface area contributed by atoms with Gasteiger partial charge in [-0.3, -0.25) is 4.79 Å². The van der Waals surface area contributed by atoms with E-state index in [1.54, 1.807) is 18.2 Å². The number of phenols is 1. The quantitative estimate of drug-likeness (QED) is 0.707. The first-order valence-electron chi connectivity index (χ1n) is 8.41. The van der Waals surface area contributed by atoms with Crippen LogP contribution in [0.2, 0.25) is 0 Å². The predicted octanol–water partition coefficient (Wildman–Crippen LogP) is 1.54. The lowest BCUT2D eigenvalue weighted by molar-refractivity contribution is -0.153. The van der Waals surface area contributed by atoms with Crippen LogP contribution in [0.5, 0.6) is 5.75 Å². The van der Waals surface area contributed by atoms with Gasteiger partial charge in [0.05, 0.1) is 13.0 Å². The lowest BCUT2D eigenvalue weighted by Crippen LogP contribution is -2.38. The molecule has 0 unspecified atom stereocenters. The molecule has 1 aliphatic rings. The molecule has 3 rings (SSSR count). The van der Waals surface area contributed by atoms with Crippen LogP contribution in [-0.4, -0.2) is 41.8 Å². The lowest BCUT2D eigenvalue weighted by Gasteiger charge is -2.30. The van der Waals surface area contributed by atoms with E-state index in [-0.39, 0.29) is 17.6 Å². The molecule has 2 aromatic rings. The molecule has 1 amide bonds. The van der Waals surface area contributed by atoms with Crippen molar-refractivity contribution < 1.29 is 24.5 Å². The number of rotatable bonds is 5. The van der Waals surface area contributed by atoms with Crippen LogP contribution in [0, 0.1) is 5.92 Å². The minimum absolute atomic E-state index is 0.0769. The molecule has 4 atom stereocenters. The predicted molar refractivity (Wildman–Crippen MR) is 94.6 cm³/mol. The molecule has 0 aliphatic carbocycles. The summed E-state index contributed by atoms with van der Waals surface area (Å²) >= 11 is 0. The summed E-state index contributed by atoms with van der Waals surface area (Å²) < 4.78 is 4.69. The minimum atomic E-state index is -1.58. The number of para-hydroxylation sites is 1. The van der Waals surface area contributed by atoms with Crippen LogP contribution in [-0.2, 0) is 14.3 Å². The van der Waals surface area contributed by atoms with E-state index in [9.17, 15) is 19.8 Å². The standard InChI is InChI=1S/C20H21NO5/c1-26-20(25)18(23)16(13-9-5-6-10-15(13)22)17-14(11-21-19(17)24)12-7-3-2-4-8-12/h2-10,14,16-18,22-23H,11H2,1H3,(H,21,24)/t14-,16-,17+,18+/m0/s1. The number of hydrogen-bond donors (Lipinski definition) is 3. The molecule has 1 aliphatic heterocycles. The van der Waals surface area contributed by atoms with Crippen molar-refractivity contribution in [1.29, 1.82) is 0 Å². The van der Waals surface area contributed by atoms with E-state index >= 15 is 0 Å². The topological polar surface area (TPSA) is 95.9 Å². The number of aromatic hydroxyl groups is 1. The van der Waals surface area contributed by atoms with E-state index in [4.69, 9.17) is 0 Å². The van der Waals surface area contributed by atoms with E-state index in [1.165, 1.54) is 13.2 Å². The van der Waals surface area contributed by atoms with E-state index in [0.29, 0.717) is 12.1 Å². The highest BCUT2D eigenvalue weighted by molar-refractivity contribution is 5.86. The second kappa shape index (κ2) is 7.58. The first-order chi connectivity index (χ1) is 12.5. The minimum Gasteiger partial charge on any atom is -0.508 e. The summed E-state index contributed by atoms with van der Waals surface area (Å²) in [5.74, 6) is -3.09. The molecule has 6 nitrogen and oxygen atoms in total. The van der Waals surface area contributed by atoms with E-state index in [0.717, 1.165) is 5.56 Å². The molecule has 6 heteroatoms. The van der Waals surface area contributed by atoms with Gasteiger partial charge < -0.3 is 20.3 Å². The summed E-state index contributed by atoms with van der Waals surface area (Å²) in [5.41, 5.74) is 1.27. The number of aliphatic hydroxyl groups excluding tert-OH is 1. The van der Waals surface area contributed by atoms with Crippen LogP contribution in [0.1, 0.15) is 23.0 Å². The summed E-state index contributed by atoms with van der Waals surface area (Å²) in [4.78, 5) is 24.7. The van der Waals surface area contributed by atoms with Gasteiger partial charge in [0, 0.05) is 23.9 Å². The highest BCUT2D eigenvalue weighted by Gasteiger charge is 2.47. The van der Waals surface area contributed by atoms with Crippen molar-refractivity contribution in [3.05, 3.63) is 65.7 Å². The van der Waals surface area contributed by atoms with Gasteiger partial charge in [-0.2, -0.15) is 0 Å². The van der Waals surface area contributed by atoms with Crippen LogP contribution in [0.3, 0.4) is 0 Å². The highest BCUT2D eigenvalue weighted by atomic mass is 16.5. The molecule has 0 radical (unpaired) electrons. The van der Waals surface area contributed by atoms with Gasteiger partial charge in [0.1, 0.15) is 5.75 Å². The number of ether oxygens (including phenoxy) is 1. The molecule has 2 aromatic carbocycles. The molecule has 0 aromatic heterocycles. The molecule has 0 bridgehead atoms. The Morgan fingerprint density at radius 3 is 2.46 bits per heavy atom. The van der Waals surface area contributed by atoms with Crippen LogP contribution in [0.25, 0.3) is 0 Å². The Morgan fingerprint density at radius 2 is 1.81 bits per heavy atom. The SMILES string of the molecule is COC(=O)[C@H](O)[C@@H](c1ccccc1O)[C@@H]1C(=O)NC[C@H]1c1ccccc1. The van der Waals surface area contributed by atoms with Crippen LogP contribution < -0.4 is 5.32 Å². The smallest absolute Gasteiger partial charge is 0.335 e. The van der Waals surface area contributed by atoms with E-state index in [2.05, 4.69) is 10.1 Å². The first-order valence-corrected chi connectivity index (χ1v) is 8.41. The number of phenolic OH excluding ortho intramolecular Hbond substituents is 1. The monoisotopic (exact) mass is 355 g/mol. The van der Waals surface area contributed by atoms with Gasteiger partial charge in [0.2, 0.25) is 5.91 Å². The zero-order chi connectivity index (χ0) is 18.7.